The normalized spacial score (nSPS) is 29.7. The molecule has 0 amide bonds. The third-order valence-corrected chi connectivity index (χ3v) is 4.07. The van der Waals surface area contributed by atoms with Crippen molar-refractivity contribution >= 4 is 5.95 Å². The molecule has 94 valence electrons. The van der Waals surface area contributed by atoms with Gasteiger partial charge in [-0.05, 0) is 32.1 Å². The second kappa shape index (κ2) is 4.02. The topological polar surface area (TPSA) is 47.1 Å². The lowest BCUT2D eigenvalue weighted by Gasteiger charge is -2.35. The molecule has 0 spiro atoms. The first-order valence-electron chi connectivity index (χ1n) is 6.71. The molecule has 2 fully saturated rings. The van der Waals surface area contributed by atoms with Gasteiger partial charge < -0.3 is 15.2 Å². The number of rotatable bonds is 2. The highest BCUT2D eigenvalue weighted by Gasteiger charge is 2.31. The van der Waals surface area contributed by atoms with Gasteiger partial charge in [-0.25, -0.2) is 4.98 Å². The summed E-state index contributed by atoms with van der Waals surface area (Å²) in [5.41, 5.74) is 7.30. The highest BCUT2D eigenvalue weighted by molar-refractivity contribution is 5.36. The number of anilines is 1. The summed E-state index contributed by atoms with van der Waals surface area (Å²) in [6.45, 7) is 6.37. The number of imidazole rings is 1. The molecule has 17 heavy (non-hydrogen) atoms. The van der Waals surface area contributed by atoms with E-state index in [1.54, 1.807) is 0 Å². The Balaban J connectivity index is 1.83. The summed E-state index contributed by atoms with van der Waals surface area (Å²) in [5, 5.41) is 0. The zero-order chi connectivity index (χ0) is 12.0. The minimum atomic E-state index is 0.286. The van der Waals surface area contributed by atoms with E-state index in [1.165, 1.54) is 19.3 Å². The molecule has 0 bridgehead atoms. The van der Waals surface area contributed by atoms with Gasteiger partial charge >= 0.3 is 0 Å². The molecule has 1 aromatic rings. The number of aryl methyl sites for hydroxylation is 1. The summed E-state index contributed by atoms with van der Waals surface area (Å²) in [6.07, 6.45) is 5.98. The van der Waals surface area contributed by atoms with Crippen LogP contribution in [0.1, 0.15) is 37.9 Å². The number of aromatic nitrogens is 2. The van der Waals surface area contributed by atoms with Crippen molar-refractivity contribution in [1.82, 2.24) is 9.55 Å². The van der Waals surface area contributed by atoms with Gasteiger partial charge in [0.05, 0.1) is 5.69 Å². The number of nitrogens with two attached hydrogens (primary N) is 1. The lowest BCUT2D eigenvalue weighted by Crippen LogP contribution is -2.48. The van der Waals surface area contributed by atoms with Gasteiger partial charge in [-0.3, -0.25) is 0 Å². The fraction of sp³-hybridized carbons (Fsp3) is 0.769. The van der Waals surface area contributed by atoms with Crippen molar-refractivity contribution in [2.24, 2.45) is 11.7 Å². The Bertz CT molecular complexity index is 408. The molecular weight excluding hydrogens is 212 g/mol. The molecule has 2 unspecified atom stereocenters. The van der Waals surface area contributed by atoms with Crippen LogP contribution in [0, 0.1) is 12.8 Å². The van der Waals surface area contributed by atoms with Gasteiger partial charge in [0, 0.05) is 31.4 Å². The second-order valence-electron chi connectivity index (χ2n) is 5.70. The van der Waals surface area contributed by atoms with E-state index in [1.807, 2.05) is 0 Å². The van der Waals surface area contributed by atoms with Gasteiger partial charge in [0.2, 0.25) is 5.95 Å². The third kappa shape index (κ3) is 2.06. The Labute approximate surface area is 103 Å². The number of hydrogen-bond acceptors (Lipinski definition) is 3. The molecule has 0 aromatic carbocycles. The fourth-order valence-electron chi connectivity index (χ4n) is 2.64. The maximum atomic E-state index is 6.18. The van der Waals surface area contributed by atoms with E-state index in [0.717, 1.165) is 24.7 Å². The molecule has 0 radical (unpaired) electrons. The quantitative estimate of drug-likeness (QED) is 0.847. The molecule has 3 rings (SSSR count). The monoisotopic (exact) mass is 234 g/mol. The first kappa shape index (κ1) is 11.1. The Morgan fingerprint density at radius 2 is 2.12 bits per heavy atom. The SMILES string of the molecule is Cc1cn(C2CC2)c(N2CCC(C)C(N)C2)n1. The van der Waals surface area contributed by atoms with Crippen molar-refractivity contribution in [3.63, 3.8) is 0 Å². The molecule has 1 aliphatic carbocycles. The summed E-state index contributed by atoms with van der Waals surface area (Å²) in [6, 6.07) is 0.982. The van der Waals surface area contributed by atoms with Crippen molar-refractivity contribution in [1.29, 1.82) is 0 Å². The van der Waals surface area contributed by atoms with Crippen molar-refractivity contribution in [2.75, 3.05) is 18.0 Å². The van der Waals surface area contributed by atoms with E-state index >= 15 is 0 Å². The highest BCUT2D eigenvalue weighted by Crippen LogP contribution is 2.38. The van der Waals surface area contributed by atoms with Crippen LogP contribution in [0.5, 0.6) is 0 Å². The summed E-state index contributed by atoms with van der Waals surface area (Å²) in [7, 11) is 0. The predicted molar refractivity (Wildman–Crippen MR) is 69.2 cm³/mol. The molecule has 1 aromatic heterocycles. The molecule has 4 nitrogen and oxygen atoms in total. The Morgan fingerprint density at radius 3 is 2.76 bits per heavy atom. The fourth-order valence-corrected chi connectivity index (χ4v) is 2.64. The van der Waals surface area contributed by atoms with E-state index in [4.69, 9.17) is 5.73 Å². The molecule has 1 saturated carbocycles. The van der Waals surface area contributed by atoms with E-state index in [-0.39, 0.29) is 6.04 Å². The van der Waals surface area contributed by atoms with Crippen molar-refractivity contribution in [2.45, 2.75) is 45.2 Å². The number of hydrogen-bond donors (Lipinski definition) is 1. The Morgan fingerprint density at radius 1 is 1.35 bits per heavy atom. The average Bonchev–Trinajstić information content (AvgIpc) is 3.06. The van der Waals surface area contributed by atoms with Crippen LogP contribution >= 0.6 is 0 Å². The van der Waals surface area contributed by atoms with Gasteiger partial charge in [0.25, 0.3) is 0 Å². The Hall–Kier alpha value is -1.03. The van der Waals surface area contributed by atoms with Crippen LogP contribution in [0.25, 0.3) is 0 Å². The Kier molecular flexibility index (Phi) is 2.62. The first-order valence-corrected chi connectivity index (χ1v) is 6.71. The van der Waals surface area contributed by atoms with Gasteiger partial charge in [0.1, 0.15) is 0 Å². The summed E-state index contributed by atoms with van der Waals surface area (Å²) in [5.74, 6) is 1.78. The van der Waals surface area contributed by atoms with Crippen LogP contribution in [-0.2, 0) is 0 Å². The summed E-state index contributed by atoms with van der Waals surface area (Å²) in [4.78, 5) is 7.06. The minimum Gasteiger partial charge on any atom is -0.341 e. The first-order chi connectivity index (χ1) is 8.15. The maximum Gasteiger partial charge on any atom is 0.206 e. The van der Waals surface area contributed by atoms with Crippen molar-refractivity contribution < 1.29 is 0 Å². The maximum absolute atomic E-state index is 6.18. The molecule has 1 aliphatic heterocycles. The molecule has 1 saturated heterocycles. The molecule has 4 heteroatoms. The molecule has 2 aliphatic rings. The minimum absolute atomic E-state index is 0.286. The number of nitrogens with zero attached hydrogens (tertiary/aromatic N) is 3. The van der Waals surface area contributed by atoms with Gasteiger partial charge in [-0.15, -0.1) is 0 Å². The average molecular weight is 234 g/mol. The van der Waals surface area contributed by atoms with Gasteiger partial charge in [0.15, 0.2) is 0 Å². The van der Waals surface area contributed by atoms with E-state index in [2.05, 4.69) is 34.5 Å². The molecule has 2 heterocycles. The lowest BCUT2D eigenvalue weighted by atomic mass is 9.94. The molecule has 2 atom stereocenters. The van der Waals surface area contributed by atoms with Crippen LogP contribution in [-0.4, -0.2) is 28.7 Å². The van der Waals surface area contributed by atoms with Gasteiger partial charge in [-0.2, -0.15) is 0 Å². The molecular formula is C13H22N4. The summed E-state index contributed by atoms with van der Waals surface area (Å²) >= 11 is 0. The third-order valence-electron chi connectivity index (χ3n) is 4.07. The molecule has 2 N–H and O–H groups in total. The van der Waals surface area contributed by atoms with Crippen LogP contribution in [0.4, 0.5) is 5.95 Å². The van der Waals surface area contributed by atoms with E-state index in [0.29, 0.717) is 12.0 Å². The predicted octanol–water partition coefficient (Wildman–Crippen LogP) is 1.70. The summed E-state index contributed by atoms with van der Waals surface area (Å²) < 4.78 is 2.36. The standard InChI is InChI=1S/C13H22N4/c1-9-5-6-16(8-12(9)14)13-15-10(2)7-17(13)11-3-4-11/h7,9,11-12H,3-6,8,14H2,1-2H3. The van der Waals surface area contributed by atoms with Crippen LogP contribution in [0.2, 0.25) is 0 Å². The smallest absolute Gasteiger partial charge is 0.206 e. The van der Waals surface area contributed by atoms with Crippen molar-refractivity contribution in [3.05, 3.63) is 11.9 Å². The number of piperidine rings is 1. The zero-order valence-corrected chi connectivity index (χ0v) is 10.8. The van der Waals surface area contributed by atoms with Crippen molar-refractivity contribution in [3.8, 4) is 0 Å². The van der Waals surface area contributed by atoms with Crippen LogP contribution in [0.3, 0.4) is 0 Å². The van der Waals surface area contributed by atoms with E-state index in [9.17, 15) is 0 Å². The lowest BCUT2D eigenvalue weighted by molar-refractivity contribution is 0.374. The largest absolute Gasteiger partial charge is 0.341 e. The zero-order valence-electron chi connectivity index (χ0n) is 10.8. The second-order valence-corrected chi connectivity index (χ2v) is 5.70. The van der Waals surface area contributed by atoms with Crippen LogP contribution in [0.15, 0.2) is 6.20 Å². The highest BCUT2D eigenvalue weighted by atomic mass is 15.3. The van der Waals surface area contributed by atoms with Crippen LogP contribution < -0.4 is 10.6 Å². The van der Waals surface area contributed by atoms with Gasteiger partial charge in [-0.1, -0.05) is 6.92 Å². The van der Waals surface area contributed by atoms with E-state index < -0.39 is 0 Å².